The van der Waals surface area contributed by atoms with Crippen LogP contribution < -0.4 is 5.32 Å². The second kappa shape index (κ2) is 11.3. The smallest absolute Gasteiger partial charge is 0.328 e. The van der Waals surface area contributed by atoms with Gasteiger partial charge in [0.1, 0.15) is 12.6 Å². The van der Waals surface area contributed by atoms with Crippen LogP contribution in [0.1, 0.15) is 26.7 Å². The largest absolute Gasteiger partial charge is 0.466 e. The molecule has 0 aromatic heterocycles. The average molecular weight is 309 g/mol. The Bertz CT molecular complexity index is 453. The van der Waals surface area contributed by atoms with Crippen LogP contribution in [0.15, 0.2) is 37.0 Å². The molecule has 0 heterocycles. The number of allylic oxidation sites excluding steroid dienone is 2. The molecule has 0 radical (unpaired) electrons. The molecule has 0 spiro atoms. The molecule has 0 bridgehead atoms. The fourth-order valence-corrected chi connectivity index (χ4v) is 1.43. The molecule has 0 aliphatic carbocycles. The number of ether oxygens (including phenoxy) is 2. The second-order valence-electron chi connectivity index (χ2n) is 4.38. The summed E-state index contributed by atoms with van der Waals surface area (Å²) in [7, 11) is 0. The van der Waals surface area contributed by atoms with Crippen molar-refractivity contribution in [3.63, 3.8) is 0 Å². The van der Waals surface area contributed by atoms with Crippen molar-refractivity contribution in [1.82, 2.24) is 5.32 Å². The van der Waals surface area contributed by atoms with E-state index in [1.54, 1.807) is 25.2 Å². The molecule has 0 saturated heterocycles. The van der Waals surface area contributed by atoms with Crippen molar-refractivity contribution in [2.75, 3.05) is 13.2 Å². The molecule has 0 aromatic carbocycles. The third-order valence-corrected chi connectivity index (χ3v) is 2.57. The average Bonchev–Trinajstić information content (AvgIpc) is 2.49. The van der Waals surface area contributed by atoms with Crippen LogP contribution in [0, 0.1) is 0 Å². The Hall–Kier alpha value is -2.37. The zero-order chi connectivity index (χ0) is 17.0. The first-order valence-corrected chi connectivity index (χ1v) is 7.00. The summed E-state index contributed by atoms with van der Waals surface area (Å²) in [4.78, 5) is 34.4. The van der Waals surface area contributed by atoms with E-state index in [1.165, 1.54) is 6.92 Å². The van der Waals surface area contributed by atoms with E-state index in [-0.39, 0.29) is 26.1 Å². The lowest BCUT2D eigenvalue weighted by Crippen LogP contribution is -2.39. The predicted octanol–water partition coefficient (Wildman–Crippen LogP) is 1.68. The highest BCUT2D eigenvalue weighted by atomic mass is 16.5. The van der Waals surface area contributed by atoms with Gasteiger partial charge in [0, 0.05) is 6.42 Å². The molecule has 0 aliphatic heterocycles. The third-order valence-electron chi connectivity index (χ3n) is 2.57. The highest BCUT2D eigenvalue weighted by molar-refractivity contribution is 5.86. The Morgan fingerprint density at radius 3 is 2.41 bits per heavy atom. The summed E-state index contributed by atoms with van der Waals surface area (Å²) in [5.41, 5.74) is 0.698. The van der Waals surface area contributed by atoms with Gasteiger partial charge in [0.05, 0.1) is 13.0 Å². The number of carbonyl (C=O) groups is 3. The summed E-state index contributed by atoms with van der Waals surface area (Å²) in [5.74, 6) is -1.43. The molecule has 1 amide bonds. The predicted molar refractivity (Wildman–Crippen MR) is 82.9 cm³/mol. The van der Waals surface area contributed by atoms with Crippen molar-refractivity contribution in [3.8, 4) is 0 Å². The summed E-state index contributed by atoms with van der Waals surface area (Å²) in [6.45, 7) is 10.6. The van der Waals surface area contributed by atoms with Crippen molar-refractivity contribution in [2.24, 2.45) is 0 Å². The van der Waals surface area contributed by atoms with Gasteiger partial charge >= 0.3 is 11.9 Å². The van der Waals surface area contributed by atoms with Crippen LogP contribution in [-0.4, -0.2) is 37.1 Å². The summed E-state index contributed by atoms with van der Waals surface area (Å²) >= 11 is 0. The third kappa shape index (κ3) is 8.73. The van der Waals surface area contributed by atoms with Crippen LogP contribution in [0.5, 0.6) is 0 Å². The Balaban J connectivity index is 4.16. The van der Waals surface area contributed by atoms with Gasteiger partial charge < -0.3 is 14.8 Å². The maximum Gasteiger partial charge on any atom is 0.328 e. The fraction of sp³-hybridized carbons (Fsp3) is 0.438. The van der Waals surface area contributed by atoms with E-state index in [1.807, 2.05) is 0 Å². The van der Waals surface area contributed by atoms with Gasteiger partial charge in [0.25, 0.3) is 0 Å². The summed E-state index contributed by atoms with van der Waals surface area (Å²) < 4.78 is 9.75. The normalized spacial score (nSPS) is 12.0. The fourth-order valence-electron chi connectivity index (χ4n) is 1.43. The topological polar surface area (TPSA) is 81.7 Å². The quantitative estimate of drug-likeness (QED) is 0.490. The number of carbonyl (C=O) groups excluding carboxylic acids is 3. The molecule has 1 atom stereocenters. The summed E-state index contributed by atoms with van der Waals surface area (Å²) in [6.07, 6.45) is 4.72. The first-order chi connectivity index (χ1) is 10.4. The zero-order valence-electron chi connectivity index (χ0n) is 13.1. The van der Waals surface area contributed by atoms with E-state index in [0.29, 0.717) is 5.57 Å². The van der Waals surface area contributed by atoms with Crippen LogP contribution in [0.4, 0.5) is 0 Å². The van der Waals surface area contributed by atoms with E-state index < -0.39 is 23.9 Å². The van der Waals surface area contributed by atoms with Gasteiger partial charge in [0.15, 0.2) is 0 Å². The van der Waals surface area contributed by atoms with E-state index >= 15 is 0 Å². The number of hydrogen-bond acceptors (Lipinski definition) is 5. The van der Waals surface area contributed by atoms with Crippen LogP contribution in [0.3, 0.4) is 0 Å². The maximum absolute atomic E-state index is 11.7. The van der Waals surface area contributed by atoms with Gasteiger partial charge in [-0.2, -0.15) is 0 Å². The highest BCUT2D eigenvalue weighted by Crippen LogP contribution is 2.00. The SMILES string of the molecule is C=C/C=C(\C=C)COC(=O)C(C)NC(=O)CCC(=O)OCC. The monoisotopic (exact) mass is 309 g/mol. The van der Waals surface area contributed by atoms with Crippen molar-refractivity contribution in [3.05, 3.63) is 37.0 Å². The van der Waals surface area contributed by atoms with Gasteiger partial charge in [-0.25, -0.2) is 4.79 Å². The van der Waals surface area contributed by atoms with Crippen molar-refractivity contribution in [1.29, 1.82) is 0 Å². The molecule has 22 heavy (non-hydrogen) atoms. The Morgan fingerprint density at radius 1 is 1.18 bits per heavy atom. The molecule has 0 saturated carbocycles. The minimum atomic E-state index is -0.801. The van der Waals surface area contributed by atoms with Crippen LogP contribution in [-0.2, 0) is 23.9 Å². The Kier molecular flexibility index (Phi) is 10.1. The van der Waals surface area contributed by atoms with E-state index in [4.69, 9.17) is 9.47 Å². The molecule has 6 nitrogen and oxygen atoms in total. The van der Waals surface area contributed by atoms with Crippen LogP contribution in [0.25, 0.3) is 0 Å². The van der Waals surface area contributed by atoms with Crippen molar-refractivity contribution in [2.45, 2.75) is 32.7 Å². The Morgan fingerprint density at radius 2 is 1.86 bits per heavy atom. The molecular weight excluding hydrogens is 286 g/mol. The molecule has 0 aromatic rings. The van der Waals surface area contributed by atoms with Gasteiger partial charge in [-0.15, -0.1) is 0 Å². The van der Waals surface area contributed by atoms with Crippen LogP contribution in [0.2, 0.25) is 0 Å². The molecule has 1 N–H and O–H groups in total. The minimum Gasteiger partial charge on any atom is -0.466 e. The first-order valence-electron chi connectivity index (χ1n) is 7.00. The molecule has 122 valence electrons. The maximum atomic E-state index is 11.7. The molecule has 0 aliphatic rings. The summed E-state index contributed by atoms with van der Waals surface area (Å²) in [5, 5.41) is 2.46. The minimum absolute atomic E-state index is 0.0237. The van der Waals surface area contributed by atoms with Gasteiger partial charge in [-0.05, 0) is 19.4 Å². The van der Waals surface area contributed by atoms with Crippen molar-refractivity contribution < 1.29 is 23.9 Å². The van der Waals surface area contributed by atoms with Gasteiger partial charge in [-0.3, -0.25) is 9.59 Å². The molecule has 0 fully saturated rings. The molecule has 6 heteroatoms. The van der Waals surface area contributed by atoms with Gasteiger partial charge in [-0.1, -0.05) is 31.4 Å². The zero-order valence-corrected chi connectivity index (χ0v) is 13.1. The van der Waals surface area contributed by atoms with Crippen LogP contribution >= 0.6 is 0 Å². The number of amides is 1. The summed E-state index contributed by atoms with van der Waals surface area (Å²) in [6, 6.07) is -0.801. The lowest BCUT2D eigenvalue weighted by Gasteiger charge is -2.13. The Labute approximate surface area is 130 Å². The molecule has 0 rings (SSSR count). The molecular formula is C16H23NO5. The standard InChI is InChI=1S/C16H23NO5/c1-5-8-13(6-2)11-22-16(20)12(4)17-14(18)9-10-15(19)21-7-3/h5-6,8,12H,1-2,7,9-11H2,3-4H3,(H,17,18)/b13-8+. The highest BCUT2D eigenvalue weighted by Gasteiger charge is 2.17. The lowest BCUT2D eigenvalue weighted by atomic mass is 10.2. The second-order valence-corrected chi connectivity index (χ2v) is 4.38. The number of hydrogen-bond donors (Lipinski definition) is 1. The van der Waals surface area contributed by atoms with E-state index in [9.17, 15) is 14.4 Å². The van der Waals surface area contributed by atoms with Gasteiger partial charge in [0.2, 0.25) is 5.91 Å². The first kappa shape index (κ1) is 19.6. The number of esters is 2. The lowest BCUT2D eigenvalue weighted by molar-refractivity contribution is -0.146. The molecule has 1 unspecified atom stereocenters. The van der Waals surface area contributed by atoms with E-state index in [0.717, 1.165) is 0 Å². The number of nitrogens with one attached hydrogen (secondary N) is 1. The van der Waals surface area contributed by atoms with E-state index in [2.05, 4.69) is 18.5 Å². The van der Waals surface area contributed by atoms with Crippen molar-refractivity contribution >= 4 is 17.8 Å². The number of rotatable bonds is 10.